The molecular weight excluding hydrogens is 746 g/mol. The molecule has 57 heavy (non-hydrogen) atoms. The van der Waals surface area contributed by atoms with Gasteiger partial charge in [0.1, 0.15) is 36.3 Å². The summed E-state index contributed by atoms with van der Waals surface area (Å²) in [6.45, 7) is 1.73. The van der Waals surface area contributed by atoms with Crippen LogP contribution in [0.25, 0.3) is 0 Å². The standard InChI is InChI=1S/C35H55N13O9/c1-19-30(53)45-22(29(37)52)11-6-7-13-40-27(50)16-25(44-28(51)18-42-20(2)49)33(56)48-26(17-36)34(57)47-24(15-21-9-4-3-5-10-21)32(55)46-23(31(54)43-19)12-8-14-41-35(38)39/h3-5,9-10,19,22-26H,6-8,11-18,36H2,1-2H3,(H2,37,52)(H,40,50)(H,42,49)(H,43,54)(H,44,51)(H,45,53)(H,46,55)(H,47,57)(H,48,56)(H4,38,39,41)/t19-,22?,23-,24?,25?,26-/m0/s1. The van der Waals surface area contributed by atoms with E-state index in [0.717, 1.165) is 0 Å². The summed E-state index contributed by atoms with van der Waals surface area (Å²) in [7, 11) is 0. The summed E-state index contributed by atoms with van der Waals surface area (Å²) in [5.74, 6) is -7.24. The van der Waals surface area contributed by atoms with E-state index in [1.54, 1.807) is 30.3 Å². The van der Waals surface area contributed by atoms with Crippen molar-refractivity contribution in [2.24, 2.45) is 27.9 Å². The van der Waals surface area contributed by atoms with Crippen LogP contribution in [-0.4, -0.2) is 122 Å². The molecule has 1 aromatic rings. The van der Waals surface area contributed by atoms with Crippen LogP contribution in [0, 0.1) is 0 Å². The van der Waals surface area contributed by atoms with Gasteiger partial charge in [-0.05, 0) is 44.6 Å². The molecule has 0 spiro atoms. The number of hydrogen-bond donors (Lipinski definition) is 12. The molecule has 1 saturated heterocycles. The third-order valence-electron chi connectivity index (χ3n) is 8.56. The molecule has 0 saturated carbocycles. The Morgan fingerprint density at radius 3 is 2.07 bits per heavy atom. The number of carbonyl (C=O) groups excluding carboxylic acids is 9. The van der Waals surface area contributed by atoms with Gasteiger partial charge in [-0.1, -0.05) is 30.3 Å². The van der Waals surface area contributed by atoms with E-state index in [9.17, 15) is 43.2 Å². The highest BCUT2D eigenvalue weighted by Gasteiger charge is 2.33. The van der Waals surface area contributed by atoms with Crippen LogP contribution in [0.5, 0.6) is 0 Å². The van der Waals surface area contributed by atoms with Gasteiger partial charge in [-0.25, -0.2) is 0 Å². The number of benzene rings is 1. The molecule has 3 unspecified atom stereocenters. The topological polar surface area (TPSA) is 366 Å². The molecule has 0 radical (unpaired) electrons. The van der Waals surface area contributed by atoms with Gasteiger partial charge in [-0.15, -0.1) is 0 Å². The Bertz CT molecular complexity index is 1620. The fourth-order valence-corrected chi connectivity index (χ4v) is 5.46. The first kappa shape index (κ1) is 46.8. The van der Waals surface area contributed by atoms with Crippen molar-refractivity contribution in [3.8, 4) is 0 Å². The lowest BCUT2D eigenvalue weighted by Gasteiger charge is -2.27. The smallest absolute Gasteiger partial charge is 0.244 e. The summed E-state index contributed by atoms with van der Waals surface area (Å²) >= 11 is 0. The monoisotopic (exact) mass is 801 g/mol. The Morgan fingerprint density at radius 2 is 1.44 bits per heavy atom. The van der Waals surface area contributed by atoms with Crippen molar-refractivity contribution in [3.63, 3.8) is 0 Å². The maximum atomic E-state index is 13.9. The number of primary amides is 1. The van der Waals surface area contributed by atoms with Gasteiger partial charge in [0.05, 0.1) is 13.0 Å². The summed E-state index contributed by atoms with van der Waals surface area (Å²) in [5, 5.41) is 19.9. The third kappa shape index (κ3) is 17.8. The van der Waals surface area contributed by atoms with Gasteiger partial charge in [-0.3, -0.25) is 48.1 Å². The molecule has 1 heterocycles. The van der Waals surface area contributed by atoms with Crippen molar-refractivity contribution < 1.29 is 43.2 Å². The van der Waals surface area contributed by atoms with E-state index in [1.807, 2.05) is 0 Å². The second-order valence-electron chi connectivity index (χ2n) is 13.3. The molecule has 0 bridgehead atoms. The number of carbonyl (C=O) groups is 9. The number of rotatable bonds is 11. The third-order valence-corrected chi connectivity index (χ3v) is 8.56. The molecule has 16 N–H and O–H groups in total. The van der Waals surface area contributed by atoms with Crippen molar-refractivity contribution in [2.75, 3.05) is 26.2 Å². The number of aliphatic imine (C=N–C) groups is 1. The van der Waals surface area contributed by atoms with Gasteiger partial charge >= 0.3 is 0 Å². The van der Waals surface area contributed by atoms with E-state index >= 15 is 0 Å². The molecule has 22 heteroatoms. The summed E-state index contributed by atoms with van der Waals surface area (Å²) in [6, 6.07) is 0.600. The number of hydrogen-bond acceptors (Lipinski definition) is 11. The second-order valence-corrected chi connectivity index (χ2v) is 13.3. The van der Waals surface area contributed by atoms with Gasteiger partial charge in [0.15, 0.2) is 5.96 Å². The molecule has 1 aliphatic heterocycles. The SMILES string of the molecule is CC(=O)NCC(=O)NC1CC(=O)NCCCCC(C(N)=O)NC(=O)[C@H](C)NC(=O)[C@H](CCCN=C(N)N)NC(=O)C(Cc2ccccc2)NC(=O)[C@H](CN)NC1=O. The Hall–Kier alpha value is -6.32. The predicted octanol–water partition coefficient (Wildman–Crippen LogP) is -5.52. The molecule has 9 amide bonds. The van der Waals surface area contributed by atoms with Gasteiger partial charge in [0, 0.05) is 33.0 Å². The fraction of sp³-hybridized carbons (Fsp3) is 0.543. The highest BCUT2D eigenvalue weighted by Crippen LogP contribution is 2.08. The number of nitrogens with one attached hydrogen (secondary N) is 8. The van der Waals surface area contributed by atoms with Gasteiger partial charge in [0.25, 0.3) is 0 Å². The van der Waals surface area contributed by atoms with E-state index in [2.05, 4.69) is 47.5 Å². The van der Waals surface area contributed by atoms with E-state index in [-0.39, 0.29) is 44.7 Å². The fourth-order valence-electron chi connectivity index (χ4n) is 5.46. The van der Waals surface area contributed by atoms with Gasteiger partial charge in [-0.2, -0.15) is 0 Å². The maximum Gasteiger partial charge on any atom is 0.244 e. The molecule has 0 aliphatic carbocycles. The molecule has 1 aliphatic rings. The minimum Gasteiger partial charge on any atom is -0.370 e. The van der Waals surface area contributed by atoms with Crippen LogP contribution in [0.4, 0.5) is 0 Å². The second kappa shape index (κ2) is 24.2. The van der Waals surface area contributed by atoms with Crippen LogP contribution in [0.1, 0.15) is 57.9 Å². The first-order valence-electron chi connectivity index (χ1n) is 18.4. The number of guanidine groups is 1. The summed E-state index contributed by atoms with van der Waals surface area (Å²) in [4.78, 5) is 121. The number of amides is 9. The van der Waals surface area contributed by atoms with E-state index < -0.39 is 109 Å². The molecule has 2 rings (SSSR count). The summed E-state index contributed by atoms with van der Waals surface area (Å²) in [6.07, 6.45) is 0.215. The molecular formula is C35H55N13O9. The normalized spacial score (nSPS) is 23.5. The van der Waals surface area contributed by atoms with Gasteiger partial charge < -0.3 is 65.5 Å². The highest BCUT2D eigenvalue weighted by molar-refractivity contribution is 5.98. The molecule has 6 atom stereocenters. The first-order valence-corrected chi connectivity index (χ1v) is 18.4. The lowest BCUT2D eigenvalue weighted by molar-refractivity contribution is -0.135. The quantitative estimate of drug-likeness (QED) is 0.0567. The van der Waals surface area contributed by atoms with Crippen LogP contribution >= 0.6 is 0 Å². The van der Waals surface area contributed by atoms with Crippen LogP contribution in [0.15, 0.2) is 35.3 Å². The Labute approximate surface area is 329 Å². The molecule has 0 aromatic heterocycles. The molecule has 1 fully saturated rings. The molecule has 1 aromatic carbocycles. The van der Waals surface area contributed by atoms with Crippen molar-refractivity contribution in [1.82, 2.24) is 42.5 Å². The van der Waals surface area contributed by atoms with Crippen molar-refractivity contribution in [1.29, 1.82) is 0 Å². The Balaban J connectivity index is 2.51. The summed E-state index contributed by atoms with van der Waals surface area (Å²) < 4.78 is 0. The number of nitrogens with zero attached hydrogens (tertiary/aromatic N) is 1. The molecule has 314 valence electrons. The predicted molar refractivity (Wildman–Crippen MR) is 206 cm³/mol. The minimum atomic E-state index is -1.53. The van der Waals surface area contributed by atoms with Crippen LogP contribution < -0.4 is 65.5 Å². The van der Waals surface area contributed by atoms with Crippen molar-refractivity contribution in [2.45, 2.75) is 95.0 Å². The van der Waals surface area contributed by atoms with E-state index in [4.69, 9.17) is 22.9 Å². The zero-order valence-electron chi connectivity index (χ0n) is 32.1. The molecule has 22 nitrogen and oxygen atoms in total. The van der Waals surface area contributed by atoms with E-state index in [0.29, 0.717) is 18.4 Å². The largest absolute Gasteiger partial charge is 0.370 e. The Morgan fingerprint density at radius 1 is 0.807 bits per heavy atom. The lowest BCUT2D eigenvalue weighted by atomic mass is 10.0. The first-order chi connectivity index (χ1) is 27.0. The van der Waals surface area contributed by atoms with Crippen LogP contribution in [0.3, 0.4) is 0 Å². The van der Waals surface area contributed by atoms with Crippen LogP contribution in [-0.2, 0) is 49.6 Å². The van der Waals surface area contributed by atoms with Gasteiger partial charge in [0.2, 0.25) is 53.2 Å². The zero-order chi connectivity index (χ0) is 42.5. The van der Waals surface area contributed by atoms with Crippen LogP contribution in [0.2, 0.25) is 0 Å². The average molecular weight is 802 g/mol. The lowest BCUT2D eigenvalue weighted by Crippen LogP contribution is -2.61. The minimum absolute atomic E-state index is 0.0120. The summed E-state index contributed by atoms with van der Waals surface area (Å²) in [5.41, 5.74) is 22.9. The Kier molecular flexibility index (Phi) is 19.9. The number of nitrogens with two attached hydrogens (primary N) is 4. The average Bonchev–Trinajstić information content (AvgIpc) is 3.15. The maximum absolute atomic E-state index is 13.9. The van der Waals surface area contributed by atoms with Crippen molar-refractivity contribution >= 4 is 59.1 Å². The highest BCUT2D eigenvalue weighted by atomic mass is 16.2. The zero-order valence-corrected chi connectivity index (χ0v) is 32.1. The van der Waals surface area contributed by atoms with E-state index in [1.165, 1.54) is 13.8 Å². The van der Waals surface area contributed by atoms with Crippen molar-refractivity contribution in [3.05, 3.63) is 35.9 Å².